The lowest BCUT2D eigenvalue weighted by atomic mass is 10.0. The summed E-state index contributed by atoms with van der Waals surface area (Å²) in [5.41, 5.74) is 2.71. The van der Waals surface area contributed by atoms with E-state index in [0.29, 0.717) is 24.4 Å². The topological polar surface area (TPSA) is 76.2 Å². The first-order valence-electron chi connectivity index (χ1n) is 10.6. The molecule has 0 N–H and O–H groups in total. The molecule has 1 saturated heterocycles. The molecule has 1 amide bonds. The number of nitrogens with zero attached hydrogens (tertiary/aromatic N) is 2. The van der Waals surface area contributed by atoms with Gasteiger partial charge in [0.2, 0.25) is 10.0 Å². The minimum atomic E-state index is -3.80. The Bertz CT molecular complexity index is 1220. The highest BCUT2D eigenvalue weighted by Crippen LogP contribution is 2.31. The lowest BCUT2D eigenvalue weighted by Crippen LogP contribution is -2.50. The van der Waals surface area contributed by atoms with Crippen LogP contribution in [0.5, 0.6) is 11.5 Å². The first-order chi connectivity index (χ1) is 15.9. The van der Waals surface area contributed by atoms with E-state index in [1.807, 2.05) is 54.6 Å². The number of piperazine rings is 1. The van der Waals surface area contributed by atoms with E-state index in [9.17, 15) is 13.2 Å². The van der Waals surface area contributed by atoms with Gasteiger partial charge in [0, 0.05) is 37.8 Å². The number of sulfonamides is 1. The largest absolute Gasteiger partial charge is 0.497 e. The van der Waals surface area contributed by atoms with Gasteiger partial charge >= 0.3 is 0 Å². The van der Waals surface area contributed by atoms with Gasteiger partial charge in [-0.2, -0.15) is 4.31 Å². The van der Waals surface area contributed by atoms with Crippen molar-refractivity contribution in [2.24, 2.45) is 0 Å². The molecule has 1 fully saturated rings. The Morgan fingerprint density at radius 1 is 0.788 bits per heavy atom. The minimum absolute atomic E-state index is 0.0561. The second-order valence-corrected chi connectivity index (χ2v) is 9.56. The predicted octanol–water partition coefficient (Wildman–Crippen LogP) is 3.52. The van der Waals surface area contributed by atoms with Crippen LogP contribution in [-0.2, 0) is 10.0 Å². The van der Waals surface area contributed by atoms with Gasteiger partial charge in [0.15, 0.2) is 0 Å². The number of carbonyl (C=O) groups is 1. The summed E-state index contributed by atoms with van der Waals surface area (Å²) in [5.74, 6) is 0.584. The highest BCUT2D eigenvalue weighted by Gasteiger charge is 2.32. The van der Waals surface area contributed by atoms with Crippen molar-refractivity contribution in [2.45, 2.75) is 4.90 Å². The number of amides is 1. The van der Waals surface area contributed by atoms with Crippen LogP contribution in [0.2, 0.25) is 0 Å². The molecular weight excluding hydrogens is 440 g/mol. The smallest absolute Gasteiger partial charge is 0.253 e. The zero-order valence-corrected chi connectivity index (χ0v) is 19.4. The number of carbonyl (C=O) groups excluding carboxylic acids is 1. The fourth-order valence-electron chi connectivity index (χ4n) is 3.87. The van der Waals surface area contributed by atoms with Crippen molar-refractivity contribution in [3.8, 4) is 22.6 Å². The van der Waals surface area contributed by atoms with Crippen LogP contribution in [0.1, 0.15) is 10.4 Å². The van der Waals surface area contributed by atoms with E-state index in [0.717, 1.165) is 11.1 Å². The van der Waals surface area contributed by atoms with Gasteiger partial charge in [-0.05, 0) is 35.4 Å². The molecule has 0 aliphatic carbocycles. The standard InChI is InChI=1S/C25H26N2O5S/c1-31-22-12-13-23(32-2)24(18-22)33(29,30)27-16-14-26(15-17-27)25(28)21-10-8-20(9-11-21)19-6-4-3-5-7-19/h3-13,18H,14-17H2,1-2H3. The Kier molecular flexibility index (Phi) is 6.67. The predicted molar refractivity (Wildman–Crippen MR) is 126 cm³/mol. The van der Waals surface area contributed by atoms with Crippen LogP contribution in [-0.4, -0.2) is 63.9 Å². The molecule has 1 aliphatic rings. The summed E-state index contributed by atoms with van der Waals surface area (Å²) in [6.45, 7) is 1.03. The molecule has 0 spiro atoms. The first kappa shape index (κ1) is 22.8. The van der Waals surface area contributed by atoms with Gasteiger partial charge < -0.3 is 14.4 Å². The third kappa shape index (κ3) is 4.72. The summed E-state index contributed by atoms with van der Waals surface area (Å²) in [6, 6.07) is 22.1. The van der Waals surface area contributed by atoms with Crippen molar-refractivity contribution >= 4 is 15.9 Å². The molecule has 33 heavy (non-hydrogen) atoms. The molecule has 3 aromatic carbocycles. The van der Waals surface area contributed by atoms with Crippen molar-refractivity contribution in [3.63, 3.8) is 0 Å². The van der Waals surface area contributed by atoms with Crippen molar-refractivity contribution in [3.05, 3.63) is 78.4 Å². The molecular formula is C25H26N2O5S. The van der Waals surface area contributed by atoms with Crippen LogP contribution < -0.4 is 9.47 Å². The number of methoxy groups -OCH3 is 2. The number of hydrogen-bond donors (Lipinski definition) is 0. The van der Waals surface area contributed by atoms with Crippen LogP contribution in [0.3, 0.4) is 0 Å². The molecule has 0 radical (unpaired) electrons. The molecule has 0 bridgehead atoms. The van der Waals surface area contributed by atoms with Gasteiger partial charge in [-0.25, -0.2) is 8.42 Å². The van der Waals surface area contributed by atoms with Crippen LogP contribution in [0.4, 0.5) is 0 Å². The van der Waals surface area contributed by atoms with Crippen molar-refractivity contribution in [1.82, 2.24) is 9.21 Å². The maximum absolute atomic E-state index is 13.2. The molecule has 3 aromatic rings. The van der Waals surface area contributed by atoms with Gasteiger partial charge in [0.25, 0.3) is 5.91 Å². The van der Waals surface area contributed by atoms with Crippen LogP contribution >= 0.6 is 0 Å². The zero-order chi connectivity index (χ0) is 23.4. The lowest BCUT2D eigenvalue weighted by Gasteiger charge is -2.34. The number of ether oxygens (including phenoxy) is 2. The van der Waals surface area contributed by atoms with Gasteiger partial charge in [-0.3, -0.25) is 4.79 Å². The Morgan fingerprint density at radius 2 is 1.42 bits per heavy atom. The van der Waals surface area contributed by atoms with Crippen LogP contribution in [0, 0.1) is 0 Å². The third-order valence-electron chi connectivity index (χ3n) is 5.75. The maximum atomic E-state index is 13.2. The van der Waals surface area contributed by atoms with E-state index in [1.54, 1.807) is 17.0 Å². The van der Waals surface area contributed by atoms with E-state index in [-0.39, 0.29) is 29.6 Å². The average molecular weight is 467 g/mol. The molecule has 1 aliphatic heterocycles. The molecule has 7 nitrogen and oxygen atoms in total. The van der Waals surface area contributed by atoms with Crippen LogP contribution in [0.15, 0.2) is 77.7 Å². The van der Waals surface area contributed by atoms with Gasteiger partial charge in [-0.15, -0.1) is 0 Å². The second kappa shape index (κ2) is 9.64. The molecule has 0 unspecified atom stereocenters. The summed E-state index contributed by atoms with van der Waals surface area (Å²) in [4.78, 5) is 14.7. The zero-order valence-electron chi connectivity index (χ0n) is 18.6. The summed E-state index contributed by atoms with van der Waals surface area (Å²) < 4.78 is 38.3. The molecule has 0 atom stereocenters. The SMILES string of the molecule is COc1ccc(OC)c(S(=O)(=O)N2CCN(C(=O)c3ccc(-c4ccccc4)cc3)CC2)c1. The molecule has 0 aromatic heterocycles. The third-order valence-corrected chi connectivity index (χ3v) is 7.67. The Hall–Kier alpha value is -3.36. The summed E-state index contributed by atoms with van der Waals surface area (Å²) in [6.07, 6.45) is 0. The summed E-state index contributed by atoms with van der Waals surface area (Å²) in [5, 5.41) is 0. The van der Waals surface area contributed by atoms with E-state index < -0.39 is 10.0 Å². The lowest BCUT2D eigenvalue weighted by molar-refractivity contribution is 0.0698. The normalized spacial score (nSPS) is 14.7. The van der Waals surface area contributed by atoms with Crippen molar-refractivity contribution in [2.75, 3.05) is 40.4 Å². The highest BCUT2D eigenvalue weighted by atomic mass is 32.2. The Balaban J connectivity index is 1.45. The van der Waals surface area contributed by atoms with Crippen LogP contribution in [0.25, 0.3) is 11.1 Å². The minimum Gasteiger partial charge on any atom is -0.497 e. The Labute approximate surface area is 194 Å². The second-order valence-electron chi connectivity index (χ2n) is 7.66. The molecule has 172 valence electrons. The van der Waals surface area contributed by atoms with E-state index in [2.05, 4.69) is 0 Å². The van der Waals surface area contributed by atoms with Crippen molar-refractivity contribution in [1.29, 1.82) is 0 Å². The summed E-state index contributed by atoms with van der Waals surface area (Å²) in [7, 11) is -0.885. The highest BCUT2D eigenvalue weighted by molar-refractivity contribution is 7.89. The van der Waals surface area contributed by atoms with Gasteiger partial charge in [0.1, 0.15) is 16.4 Å². The number of hydrogen-bond acceptors (Lipinski definition) is 5. The molecule has 4 rings (SSSR count). The fraction of sp³-hybridized carbons (Fsp3) is 0.240. The van der Waals surface area contributed by atoms with Crippen molar-refractivity contribution < 1.29 is 22.7 Å². The molecule has 0 saturated carbocycles. The van der Waals surface area contributed by atoms with E-state index in [4.69, 9.17) is 9.47 Å². The monoisotopic (exact) mass is 466 g/mol. The summed E-state index contributed by atoms with van der Waals surface area (Å²) >= 11 is 0. The fourth-order valence-corrected chi connectivity index (χ4v) is 5.47. The Morgan fingerprint density at radius 3 is 2.03 bits per heavy atom. The first-order valence-corrected chi connectivity index (χ1v) is 12.0. The molecule has 8 heteroatoms. The average Bonchev–Trinajstić information content (AvgIpc) is 2.88. The van der Waals surface area contributed by atoms with Gasteiger partial charge in [0.05, 0.1) is 14.2 Å². The van der Waals surface area contributed by atoms with Gasteiger partial charge in [-0.1, -0.05) is 42.5 Å². The van der Waals surface area contributed by atoms with E-state index >= 15 is 0 Å². The number of rotatable bonds is 6. The quantitative estimate of drug-likeness (QED) is 0.556. The van der Waals surface area contributed by atoms with E-state index in [1.165, 1.54) is 24.6 Å². The number of benzene rings is 3. The maximum Gasteiger partial charge on any atom is 0.253 e. The molecule has 1 heterocycles.